The van der Waals surface area contributed by atoms with Gasteiger partial charge < -0.3 is 83.9 Å². The van der Waals surface area contributed by atoms with Crippen LogP contribution < -0.4 is 54.4 Å². The van der Waals surface area contributed by atoms with Gasteiger partial charge in [0.1, 0.15) is 42.3 Å². The Balaban J connectivity index is 1.50. The standard InChI is InChI=1S/C53H84N14O13S3/c1-30(45(71)61-37(14-6-8-19-57-46(72)33(54)27-81)49(75)62-38(18-23-68)51(77)66-21-10-16-41(66)44(56)70)80-53(79)42-17-11-22-67(42)52(78)40(29-83)64-50(76)39(24-31-25-58-35-13-5-4-12-32(31)35)63-48(74)36(15-7-9-20-65(2)3)60-43(69)26-59-47(73)34(55)28-82/h4-5,12-13,25,30,33-34,36-42,58,68,81-83H,6-11,14-24,26-29,54-55H2,1-3H3,(H2,56,70)(H,57,72)(H,59,73)(H,60,69)(H,61,71)(H,62,75)(H,63,74)(H,64,76)/t30-,33-,34-,36-,37-,38-,39-,40-,41-,42-/m0/s1. The molecule has 83 heavy (non-hydrogen) atoms. The van der Waals surface area contributed by atoms with Gasteiger partial charge in [-0.3, -0.25) is 47.9 Å². The van der Waals surface area contributed by atoms with E-state index in [1.54, 1.807) is 6.20 Å². The minimum Gasteiger partial charge on any atom is -0.451 e. The molecule has 30 heteroatoms. The summed E-state index contributed by atoms with van der Waals surface area (Å²) >= 11 is 12.5. The van der Waals surface area contributed by atoms with Gasteiger partial charge in [-0.15, -0.1) is 0 Å². The molecule has 0 spiro atoms. The molecule has 1 aromatic carbocycles. The maximum atomic E-state index is 14.5. The molecule has 0 radical (unpaired) electrons. The van der Waals surface area contributed by atoms with E-state index in [-0.39, 0.29) is 75.4 Å². The zero-order chi connectivity index (χ0) is 61.3. The van der Waals surface area contributed by atoms with Crippen LogP contribution in [0.5, 0.6) is 0 Å². The molecule has 1 aromatic heterocycles. The predicted molar refractivity (Wildman–Crippen MR) is 317 cm³/mol. The van der Waals surface area contributed by atoms with E-state index >= 15 is 0 Å². The van der Waals surface area contributed by atoms with Gasteiger partial charge >= 0.3 is 5.97 Å². The number of aromatic amines is 1. The van der Waals surface area contributed by atoms with Crippen molar-refractivity contribution in [3.05, 3.63) is 36.0 Å². The number of amides is 10. The van der Waals surface area contributed by atoms with Gasteiger partial charge in [0, 0.05) is 67.0 Å². The Morgan fingerprint density at radius 1 is 0.675 bits per heavy atom. The second-order valence-electron chi connectivity index (χ2n) is 20.9. The van der Waals surface area contributed by atoms with Crippen molar-refractivity contribution >= 4 is 114 Å². The van der Waals surface area contributed by atoms with Crippen molar-refractivity contribution < 1.29 is 62.6 Å². The van der Waals surface area contributed by atoms with E-state index < -0.39 is 139 Å². The molecule has 2 fully saturated rings. The number of para-hydroxylation sites is 1. The molecule has 10 atom stereocenters. The third-order valence-corrected chi connectivity index (χ3v) is 15.4. The number of carbonyl (C=O) groups excluding carboxylic acids is 11. The van der Waals surface area contributed by atoms with Gasteiger partial charge in [0.15, 0.2) is 6.10 Å². The molecule has 27 nitrogen and oxygen atoms in total. The number of nitrogens with two attached hydrogens (primary N) is 3. The normalized spacial score (nSPS) is 17.9. The number of nitrogens with zero attached hydrogens (tertiary/aromatic N) is 3. The van der Waals surface area contributed by atoms with Crippen LogP contribution in [0.2, 0.25) is 0 Å². The first-order chi connectivity index (χ1) is 39.5. The summed E-state index contributed by atoms with van der Waals surface area (Å²) < 4.78 is 5.63. The number of unbranched alkanes of at least 4 members (excludes halogenated alkanes) is 2. The number of H-pyrrole nitrogens is 1. The number of primary amides is 1. The topological polar surface area (TPSA) is 405 Å². The lowest BCUT2D eigenvalue weighted by atomic mass is 10.0. The van der Waals surface area contributed by atoms with E-state index in [1.165, 1.54) is 16.7 Å². The van der Waals surface area contributed by atoms with Crippen LogP contribution in [-0.2, 0) is 63.9 Å². The van der Waals surface area contributed by atoms with E-state index in [1.807, 2.05) is 43.3 Å². The Bertz CT molecular complexity index is 2560. The zero-order valence-electron chi connectivity index (χ0n) is 47.3. The number of fused-ring (bicyclic) bond motifs is 1. The largest absolute Gasteiger partial charge is 0.451 e. The van der Waals surface area contributed by atoms with Gasteiger partial charge in [-0.25, -0.2) is 4.79 Å². The molecule has 10 amide bonds. The van der Waals surface area contributed by atoms with E-state index in [0.717, 1.165) is 10.9 Å². The number of aliphatic hydroxyl groups excluding tert-OH is 1. The average Bonchev–Trinajstić information content (AvgIpc) is 4.38. The maximum absolute atomic E-state index is 14.5. The molecular weight excluding hydrogens is 1140 g/mol. The summed E-state index contributed by atoms with van der Waals surface area (Å²) in [6.45, 7) is 1.36. The van der Waals surface area contributed by atoms with Crippen LogP contribution in [0.1, 0.15) is 83.1 Å². The van der Waals surface area contributed by atoms with Crippen molar-refractivity contribution in [3.63, 3.8) is 0 Å². The van der Waals surface area contributed by atoms with Crippen LogP contribution in [0, 0.1) is 0 Å². The number of aromatic nitrogens is 1. The van der Waals surface area contributed by atoms with Gasteiger partial charge in [0.25, 0.3) is 5.91 Å². The van der Waals surface area contributed by atoms with Crippen LogP contribution in [0.4, 0.5) is 0 Å². The summed E-state index contributed by atoms with van der Waals surface area (Å²) in [4.78, 5) is 156. The lowest BCUT2D eigenvalue weighted by Gasteiger charge is -2.30. The molecule has 0 bridgehead atoms. The van der Waals surface area contributed by atoms with E-state index in [2.05, 4.69) is 80.1 Å². The van der Waals surface area contributed by atoms with Crippen molar-refractivity contribution in [1.29, 1.82) is 0 Å². The second kappa shape index (κ2) is 35.2. The summed E-state index contributed by atoms with van der Waals surface area (Å²) in [6, 6.07) is -3.13. The first-order valence-corrected chi connectivity index (χ1v) is 29.8. The molecule has 4 rings (SSSR count). The number of thiol groups is 3. The number of carbonyl (C=O) groups is 11. The fourth-order valence-electron chi connectivity index (χ4n) is 9.56. The van der Waals surface area contributed by atoms with Crippen molar-refractivity contribution in [2.75, 3.05) is 70.7 Å². The lowest BCUT2D eigenvalue weighted by molar-refractivity contribution is -0.162. The molecule has 3 heterocycles. The van der Waals surface area contributed by atoms with Crippen LogP contribution in [-0.4, -0.2) is 221 Å². The molecule has 2 aliphatic heterocycles. The Morgan fingerprint density at radius 2 is 1.22 bits per heavy atom. The van der Waals surface area contributed by atoms with Gasteiger partial charge in [0.05, 0.1) is 18.6 Å². The van der Waals surface area contributed by atoms with Crippen LogP contribution in [0.15, 0.2) is 30.5 Å². The predicted octanol–water partition coefficient (Wildman–Crippen LogP) is -3.51. The highest BCUT2D eigenvalue weighted by molar-refractivity contribution is 7.80. The van der Waals surface area contributed by atoms with Gasteiger partial charge in [-0.1, -0.05) is 18.2 Å². The van der Waals surface area contributed by atoms with Gasteiger partial charge in [-0.2, -0.15) is 37.9 Å². The van der Waals surface area contributed by atoms with Crippen molar-refractivity contribution in [2.24, 2.45) is 17.2 Å². The third-order valence-electron chi connectivity index (χ3n) is 14.2. The number of rotatable bonds is 35. The first kappa shape index (κ1) is 69.3. The Labute approximate surface area is 499 Å². The lowest BCUT2D eigenvalue weighted by Crippen LogP contribution is -2.59. The number of hydrogen-bond donors (Lipinski definition) is 15. The molecule has 2 saturated heterocycles. The van der Waals surface area contributed by atoms with E-state index in [4.69, 9.17) is 21.9 Å². The molecule has 0 aliphatic carbocycles. The quantitative estimate of drug-likeness (QED) is 0.0181. The minimum atomic E-state index is -1.54. The number of esters is 1. The number of ether oxygens (including phenoxy) is 1. The van der Waals surface area contributed by atoms with Gasteiger partial charge in [0.2, 0.25) is 53.2 Å². The monoisotopic (exact) mass is 1220 g/mol. The summed E-state index contributed by atoms with van der Waals surface area (Å²) in [5.74, 6) is -8.14. The number of hydrogen-bond acceptors (Lipinski definition) is 19. The Hall–Kier alpha value is -6.18. The van der Waals surface area contributed by atoms with E-state index in [9.17, 15) is 57.8 Å². The van der Waals surface area contributed by atoms with Crippen molar-refractivity contribution in [3.8, 4) is 0 Å². The molecule has 2 aliphatic rings. The highest BCUT2D eigenvalue weighted by Gasteiger charge is 2.41. The second-order valence-corrected chi connectivity index (χ2v) is 22.0. The fourth-order valence-corrected chi connectivity index (χ4v) is 10.1. The summed E-state index contributed by atoms with van der Waals surface area (Å²) in [6.07, 6.45) is 2.99. The van der Waals surface area contributed by atoms with Crippen molar-refractivity contribution in [2.45, 2.75) is 144 Å². The molecule has 0 unspecified atom stereocenters. The minimum absolute atomic E-state index is 0.0310. The van der Waals surface area contributed by atoms with Crippen LogP contribution >= 0.6 is 37.9 Å². The number of nitrogens with one attached hydrogen (secondary N) is 8. The third kappa shape index (κ3) is 21.4. The Morgan fingerprint density at radius 3 is 1.83 bits per heavy atom. The highest BCUT2D eigenvalue weighted by Crippen LogP contribution is 2.23. The first-order valence-electron chi connectivity index (χ1n) is 27.9. The van der Waals surface area contributed by atoms with Crippen LogP contribution in [0.25, 0.3) is 10.9 Å². The smallest absolute Gasteiger partial charge is 0.329 e. The van der Waals surface area contributed by atoms with Crippen LogP contribution in [0.3, 0.4) is 0 Å². The molecule has 0 saturated carbocycles. The molecular formula is C53H84N14O13S3. The summed E-state index contributed by atoms with van der Waals surface area (Å²) in [5.41, 5.74) is 18.4. The number of likely N-dealkylation sites (tertiary alicyclic amines) is 2. The molecule has 15 N–H and O–H groups in total. The molecule has 2 aromatic rings. The number of benzene rings is 1. The zero-order valence-corrected chi connectivity index (χ0v) is 50.0. The average molecular weight is 1220 g/mol. The molecule has 462 valence electrons. The van der Waals surface area contributed by atoms with E-state index in [0.29, 0.717) is 50.6 Å². The van der Waals surface area contributed by atoms with Crippen molar-refractivity contribution in [1.82, 2.24) is 56.9 Å². The van der Waals surface area contributed by atoms with Gasteiger partial charge in [-0.05, 0) is 110 Å². The summed E-state index contributed by atoms with van der Waals surface area (Å²) in [7, 11) is 3.79. The fraction of sp³-hybridized carbons (Fsp3) is 0.642. The Kier molecular flexibility index (Phi) is 29.4. The number of aliphatic hydroxyl groups is 1. The maximum Gasteiger partial charge on any atom is 0.329 e. The summed E-state index contributed by atoms with van der Waals surface area (Å²) in [5, 5.41) is 29.0. The highest BCUT2D eigenvalue weighted by atomic mass is 32.1. The SMILES string of the molecule is C[C@H](OC(=O)[C@@H]1CCCN1C(=O)[C@H](CS)NC(=O)[C@H](Cc1c[nH]c2ccccc12)NC(=O)[C@H](CCCCN(C)C)NC(=O)CNC(=O)[C@@H](N)CS)C(=O)N[C@@H](CCCCNC(=O)[C@@H](N)CS)C(=O)N[C@@H](CCO)C(=O)N1CCC[C@H]1C(N)=O.